The van der Waals surface area contributed by atoms with Crippen molar-refractivity contribution in [2.24, 2.45) is 11.1 Å². The number of carbonyl (C=O) groups excluding carboxylic acids is 3. The lowest BCUT2D eigenvalue weighted by atomic mass is 9.86. The molecule has 23 heavy (non-hydrogen) atoms. The second kappa shape index (κ2) is 7.54. The normalized spacial score (nSPS) is 20.7. The number of carboxylic acids is 1. The predicted molar refractivity (Wildman–Crippen MR) is 82.4 cm³/mol. The molecular formula is C15H25N3O5. The third-order valence-corrected chi connectivity index (χ3v) is 3.92. The molecule has 1 fully saturated rings. The molecule has 1 aliphatic rings. The van der Waals surface area contributed by atoms with Crippen LogP contribution < -0.4 is 11.1 Å². The van der Waals surface area contributed by atoms with Crippen LogP contribution >= 0.6 is 0 Å². The molecule has 0 bridgehead atoms. The van der Waals surface area contributed by atoms with Crippen molar-refractivity contribution in [3.63, 3.8) is 0 Å². The minimum atomic E-state index is -1.18. The van der Waals surface area contributed by atoms with Crippen LogP contribution in [0.5, 0.6) is 0 Å². The van der Waals surface area contributed by atoms with E-state index in [1.807, 2.05) is 20.8 Å². The third kappa shape index (κ3) is 5.02. The number of carboxylic acid groups (broad SMARTS) is 1. The zero-order valence-electron chi connectivity index (χ0n) is 13.7. The standard InChI is InChI=1S/C15H25N3O5/c1-15(2,3)12(16)14(23)18-6-4-5-10(18)13(22)17-9(8-19)7-11(20)21/h8-10,12H,4-7,16H2,1-3H3,(H,17,22)(H,20,21)/t9-,10-,12+/m0/s1. The maximum Gasteiger partial charge on any atom is 0.305 e. The van der Waals surface area contributed by atoms with Crippen molar-refractivity contribution >= 4 is 24.1 Å². The van der Waals surface area contributed by atoms with Gasteiger partial charge in [-0.25, -0.2) is 0 Å². The lowest BCUT2D eigenvalue weighted by Crippen LogP contribution is -2.56. The van der Waals surface area contributed by atoms with Crippen molar-refractivity contribution in [1.29, 1.82) is 0 Å². The van der Waals surface area contributed by atoms with Crippen LogP contribution in [0.25, 0.3) is 0 Å². The molecule has 1 saturated heterocycles. The molecule has 8 nitrogen and oxygen atoms in total. The van der Waals surface area contributed by atoms with E-state index >= 15 is 0 Å². The van der Waals surface area contributed by atoms with Crippen molar-refractivity contribution in [2.75, 3.05) is 6.54 Å². The summed E-state index contributed by atoms with van der Waals surface area (Å²) in [6.07, 6.45) is 1.02. The lowest BCUT2D eigenvalue weighted by Gasteiger charge is -2.32. The summed E-state index contributed by atoms with van der Waals surface area (Å²) in [5.74, 6) is -2.01. The van der Waals surface area contributed by atoms with Gasteiger partial charge in [0, 0.05) is 6.54 Å². The molecule has 8 heteroatoms. The molecule has 0 radical (unpaired) electrons. The number of carbonyl (C=O) groups is 4. The molecule has 0 spiro atoms. The maximum absolute atomic E-state index is 12.5. The summed E-state index contributed by atoms with van der Waals surface area (Å²) in [6, 6.07) is -2.56. The van der Waals surface area contributed by atoms with Crippen molar-refractivity contribution in [1.82, 2.24) is 10.2 Å². The first-order valence-corrected chi connectivity index (χ1v) is 7.61. The number of amides is 2. The first kappa shape index (κ1) is 19.1. The van der Waals surface area contributed by atoms with Crippen LogP contribution in [0.15, 0.2) is 0 Å². The zero-order chi connectivity index (χ0) is 17.8. The van der Waals surface area contributed by atoms with E-state index in [1.165, 1.54) is 4.90 Å². The molecular weight excluding hydrogens is 302 g/mol. The quantitative estimate of drug-likeness (QED) is 0.564. The average Bonchev–Trinajstić information content (AvgIpc) is 2.92. The molecule has 1 heterocycles. The molecule has 0 aromatic rings. The Morgan fingerprint density at radius 2 is 2.00 bits per heavy atom. The Kier molecular flexibility index (Phi) is 6.26. The van der Waals surface area contributed by atoms with Crippen LogP contribution in [-0.4, -0.2) is 58.7 Å². The van der Waals surface area contributed by atoms with Gasteiger partial charge in [-0.05, 0) is 18.3 Å². The molecule has 2 amide bonds. The van der Waals surface area contributed by atoms with Gasteiger partial charge < -0.3 is 25.9 Å². The van der Waals surface area contributed by atoms with E-state index in [1.54, 1.807) is 0 Å². The van der Waals surface area contributed by atoms with E-state index in [2.05, 4.69) is 5.32 Å². The highest BCUT2D eigenvalue weighted by Gasteiger charge is 2.39. The Balaban J connectivity index is 2.78. The SMILES string of the molecule is CC(C)(C)[C@H](N)C(=O)N1CCC[C@H]1C(=O)N[C@H](C=O)CC(=O)O. The number of likely N-dealkylation sites (tertiary alicyclic amines) is 1. The highest BCUT2D eigenvalue weighted by atomic mass is 16.4. The van der Waals surface area contributed by atoms with Gasteiger partial charge >= 0.3 is 5.97 Å². The second-order valence-corrected chi connectivity index (χ2v) is 6.88. The van der Waals surface area contributed by atoms with E-state index < -0.39 is 41.8 Å². The van der Waals surface area contributed by atoms with Gasteiger partial charge in [-0.3, -0.25) is 14.4 Å². The zero-order valence-corrected chi connectivity index (χ0v) is 13.7. The third-order valence-electron chi connectivity index (χ3n) is 3.92. The molecule has 0 aromatic carbocycles. The summed E-state index contributed by atoms with van der Waals surface area (Å²) in [6.45, 7) is 5.95. The monoisotopic (exact) mass is 327 g/mol. The molecule has 3 atom stereocenters. The molecule has 0 aliphatic carbocycles. The number of nitrogens with zero attached hydrogens (tertiary/aromatic N) is 1. The number of hydrogen-bond donors (Lipinski definition) is 3. The second-order valence-electron chi connectivity index (χ2n) is 6.88. The smallest absolute Gasteiger partial charge is 0.305 e. The Morgan fingerprint density at radius 3 is 2.48 bits per heavy atom. The molecule has 130 valence electrons. The molecule has 1 aliphatic heterocycles. The molecule has 0 saturated carbocycles. The van der Waals surface area contributed by atoms with E-state index in [9.17, 15) is 19.2 Å². The lowest BCUT2D eigenvalue weighted by molar-refractivity contribution is -0.142. The molecule has 4 N–H and O–H groups in total. The summed E-state index contributed by atoms with van der Waals surface area (Å²) in [7, 11) is 0. The Morgan fingerprint density at radius 1 is 1.39 bits per heavy atom. The summed E-state index contributed by atoms with van der Waals surface area (Å²) in [4.78, 5) is 47.7. The van der Waals surface area contributed by atoms with Crippen LogP contribution in [0.1, 0.15) is 40.0 Å². The molecule has 1 rings (SSSR count). The van der Waals surface area contributed by atoms with Gasteiger partial charge in [0.15, 0.2) is 0 Å². The summed E-state index contributed by atoms with van der Waals surface area (Å²) in [5, 5.41) is 11.1. The maximum atomic E-state index is 12.5. The Hall–Kier alpha value is -1.96. The topological polar surface area (TPSA) is 130 Å². The minimum absolute atomic E-state index is 0.309. The fourth-order valence-electron chi connectivity index (χ4n) is 2.45. The van der Waals surface area contributed by atoms with Gasteiger partial charge in [-0.2, -0.15) is 0 Å². The van der Waals surface area contributed by atoms with Crippen molar-refractivity contribution < 1.29 is 24.3 Å². The predicted octanol–water partition coefficient (Wildman–Crippen LogP) is -0.491. The fraction of sp³-hybridized carbons (Fsp3) is 0.733. The first-order chi connectivity index (χ1) is 10.6. The van der Waals surface area contributed by atoms with Gasteiger partial charge in [-0.15, -0.1) is 0 Å². The fourth-order valence-corrected chi connectivity index (χ4v) is 2.45. The summed E-state index contributed by atoms with van der Waals surface area (Å²) >= 11 is 0. The van der Waals surface area contributed by atoms with Gasteiger partial charge in [0.1, 0.15) is 12.3 Å². The first-order valence-electron chi connectivity index (χ1n) is 7.61. The average molecular weight is 327 g/mol. The number of nitrogens with one attached hydrogen (secondary N) is 1. The number of aldehydes is 1. The van der Waals surface area contributed by atoms with Crippen LogP contribution in [0, 0.1) is 5.41 Å². The molecule has 0 aromatic heterocycles. The largest absolute Gasteiger partial charge is 0.481 e. The number of rotatable bonds is 6. The Bertz CT molecular complexity index is 486. The van der Waals surface area contributed by atoms with Gasteiger partial charge in [-0.1, -0.05) is 20.8 Å². The van der Waals surface area contributed by atoms with E-state index in [0.29, 0.717) is 25.7 Å². The minimum Gasteiger partial charge on any atom is -0.481 e. The van der Waals surface area contributed by atoms with Crippen molar-refractivity contribution in [3.05, 3.63) is 0 Å². The van der Waals surface area contributed by atoms with E-state index in [4.69, 9.17) is 10.8 Å². The Labute approximate surface area is 135 Å². The highest BCUT2D eigenvalue weighted by molar-refractivity contribution is 5.92. The van der Waals surface area contributed by atoms with Gasteiger partial charge in [0.2, 0.25) is 11.8 Å². The van der Waals surface area contributed by atoms with Gasteiger partial charge in [0.25, 0.3) is 0 Å². The van der Waals surface area contributed by atoms with Crippen LogP contribution in [0.2, 0.25) is 0 Å². The summed E-state index contributed by atoms with van der Waals surface area (Å²) < 4.78 is 0. The van der Waals surface area contributed by atoms with E-state index in [-0.39, 0.29) is 5.91 Å². The van der Waals surface area contributed by atoms with E-state index in [0.717, 1.165) is 0 Å². The van der Waals surface area contributed by atoms with Gasteiger partial charge in [0.05, 0.1) is 18.5 Å². The highest BCUT2D eigenvalue weighted by Crippen LogP contribution is 2.24. The number of nitrogens with two attached hydrogens (primary N) is 1. The van der Waals surface area contributed by atoms with Crippen molar-refractivity contribution in [2.45, 2.75) is 58.2 Å². The summed E-state index contributed by atoms with van der Waals surface area (Å²) in [5.41, 5.74) is 5.54. The number of aliphatic carboxylic acids is 1. The number of hydrogen-bond acceptors (Lipinski definition) is 5. The van der Waals surface area contributed by atoms with Crippen molar-refractivity contribution in [3.8, 4) is 0 Å². The van der Waals surface area contributed by atoms with Crippen LogP contribution in [-0.2, 0) is 19.2 Å². The van der Waals surface area contributed by atoms with Crippen LogP contribution in [0.3, 0.4) is 0 Å². The van der Waals surface area contributed by atoms with Crippen LogP contribution in [0.4, 0.5) is 0 Å². The molecule has 0 unspecified atom stereocenters.